The lowest BCUT2D eigenvalue weighted by atomic mass is 10.0. The fraction of sp³-hybridized carbons (Fsp3) is 0.625. The summed E-state index contributed by atoms with van der Waals surface area (Å²) >= 11 is 9.28. The minimum Gasteiger partial charge on any atom is -0.493 e. The van der Waals surface area contributed by atoms with Crippen molar-refractivity contribution in [2.75, 3.05) is 32.2 Å². The zero-order chi connectivity index (χ0) is 14.7. The van der Waals surface area contributed by atoms with Crippen molar-refractivity contribution in [2.45, 2.75) is 31.9 Å². The van der Waals surface area contributed by atoms with E-state index >= 15 is 0 Å². The molecule has 0 bridgehead atoms. The molecule has 0 aliphatic carbocycles. The highest BCUT2D eigenvalue weighted by molar-refractivity contribution is 9.10. The van der Waals surface area contributed by atoms with E-state index in [1.165, 1.54) is 11.1 Å². The first-order valence-corrected chi connectivity index (χ1v) is 8.93. The predicted molar refractivity (Wildman–Crippen MR) is 88.3 cm³/mol. The maximum absolute atomic E-state index is 5.81. The highest BCUT2D eigenvalue weighted by Gasteiger charge is 2.23. The van der Waals surface area contributed by atoms with E-state index in [9.17, 15) is 0 Å². The number of likely N-dealkylation sites (tertiary alicyclic amines) is 1. The molecule has 5 heteroatoms. The molecular weight excluding hydrogens is 354 g/mol. The van der Waals surface area contributed by atoms with Gasteiger partial charge < -0.3 is 9.47 Å². The van der Waals surface area contributed by atoms with Gasteiger partial charge in [-0.2, -0.15) is 0 Å². The third-order valence-electron chi connectivity index (χ3n) is 4.18. The van der Waals surface area contributed by atoms with E-state index in [0.29, 0.717) is 18.6 Å². The van der Waals surface area contributed by atoms with E-state index in [2.05, 4.69) is 33.0 Å². The SMILES string of the molecule is ClCCOC1CCN(Cc2cc(Br)cc3c2OCC3)CC1. The molecule has 1 saturated heterocycles. The summed E-state index contributed by atoms with van der Waals surface area (Å²) in [6, 6.07) is 4.37. The summed E-state index contributed by atoms with van der Waals surface area (Å²) in [6.07, 6.45) is 3.59. The maximum Gasteiger partial charge on any atom is 0.127 e. The Balaban J connectivity index is 1.59. The molecule has 0 radical (unpaired) electrons. The van der Waals surface area contributed by atoms with Gasteiger partial charge in [0.05, 0.1) is 19.3 Å². The van der Waals surface area contributed by atoms with E-state index < -0.39 is 0 Å². The molecule has 2 aliphatic rings. The standard InChI is InChI=1S/C16H21BrClNO2/c17-14-9-12-3-7-21-16(12)13(10-14)11-19-5-1-15(2-6-19)20-8-4-18/h9-10,15H,1-8,11H2. The van der Waals surface area contributed by atoms with Crippen LogP contribution in [0.4, 0.5) is 0 Å². The Morgan fingerprint density at radius 1 is 1.33 bits per heavy atom. The molecule has 116 valence electrons. The number of alkyl halides is 1. The van der Waals surface area contributed by atoms with E-state index in [-0.39, 0.29) is 0 Å². The summed E-state index contributed by atoms with van der Waals surface area (Å²) in [5.74, 6) is 1.69. The number of halogens is 2. The van der Waals surface area contributed by atoms with Gasteiger partial charge in [0, 0.05) is 42.0 Å². The molecule has 3 nitrogen and oxygen atoms in total. The molecule has 2 heterocycles. The molecule has 0 atom stereocenters. The molecule has 2 aliphatic heterocycles. The second kappa shape index (κ2) is 7.32. The van der Waals surface area contributed by atoms with Gasteiger partial charge >= 0.3 is 0 Å². The van der Waals surface area contributed by atoms with Crippen LogP contribution in [-0.2, 0) is 17.7 Å². The van der Waals surface area contributed by atoms with Gasteiger partial charge in [-0.3, -0.25) is 4.90 Å². The van der Waals surface area contributed by atoms with Crippen LogP contribution < -0.4 is 4.74 Å². The van der Waals surface area contributed by atoms with Crippen LogP contribution in [0.1, 0.15) is 24.0 Å². The Bertz CT molecular complexity index is 489. The second-order valence-electron chi connectivity index (χ2n) is 5.69. The van der Waals surface area contributed by atoms with Gasteiger partial charge in [-0.15, -0.1) is 11.6 Å². The predicted octanol–water partition coefficient (Wildman–Crippen LogP) is 3.60. The molecular formula is C16H21BrClNO2. The average Bonchev–Trinajstić information content (AvgIpc) is 2.95. The van der Waals surface area contributed by atoms with Crippen LogP contribution in [0.2, 0.25) is 0 Å². The Kier molecular flexibility index (Phi) is 5.43. The zero-order valence-corrected chi connectivity index (χ0v) is 14.5. The third kappa shape index (κ3) is 3.92. The first-order chi connectivity index (χ1) is 10.3. The monoisotopic (exact) mass is 373 g/mol. The maximum atomic E-state index is 5.81. The minimum absolute atomic E-state index is 0.379. The molecule has 0 aromatic heterocycles. The van der Waals surface area contributed by atoms with Gasteiger partial charge in [0.15, 0.2) is 0 Å². The van der Waals surface area contributed by atoms with Gasteiger partial charge in [0.1, 0.15) is 5.75 Å². The second-order valence-corrected chi connectivity index (χ2v) is 6.98. The number of piperidine rings is 1. The zero-order valence-electron chi connectivity index (χ0n) is 12.1. The molecule has 0 unspecified atom stereocenters. The average molecular weight is 375 g/mol. The molecule has 3 rings (SSSR count). The van der Waals surface area contributed by atoms with Gasteiger partial charge in [-0.1, -0.05) is 15.9 Å². The molecule has 1 aromatic carbocycles. The van der Waals surface area contributed by atoms with E-state index in [1.54, 1.807) is 0 Å². The van der Waals surface area contributed by atoms with Crippen LogP contribution in [-0.4, -0.2) is 43.2 Å². The summed E-state index contributed by atoms with van der Waals surface area (Å²) in [5, 5.41) is 0. The Morgan fingerprint density at radius 3 is 2.90 bits per heavy atom. The number of rotatable bonds is 5. The quantitative estimate of drug-likeness (QED) is 0.735. The van der Waals surface area contributed by atoms with Crippen molar-refractivity contribution < 1.29 is 9.47 Å². The van der Waals surface area contributed by atoms with E-state index in [4.69, 9.17) is 21.1 Å². The highest BCUT2D eigenvalue weighted by atomic mass is 79.9. The first-order valence-electron chi connectivity index (χ1n) is 7.60. The van der Waals surface area contributed by atoms with Crippen molar-refractivity contribution in [3.63, 3.8) is 0 Å². The summed E-state index contributed by atoms with van der Waals surface area (Å²) in [6.45, 7) is 4.60. The van der Waals surface area contributed by atoms with Crippen molar-refractivity contribution in [1.82, 2.24) is 4.90 Å². The molecule has 0 spiro atoms. The fourth-order valence-electron chi connectivity index (χ4n) is 3.15. The number of ether oxygens (including phenoxy) is 2. The van der Waals surface area contributed by atoms with Crippen LogP contribution in [0.5, 0.6) is 5.75 Å². The molecule has 0 saturated carbocycles. The number of fused-ring (bicyclic) bond motifs is 1. The van der Waals surface area contributed by atoms with Gasteiger partial charge in [-0.05, 0) is 30.5 Å². The third-order valence-corrected chi connectivity index (χ3v) is 4.80. The van der Waals surface area contributed by atoms with Crippen LogP contribution in [0, 0.1) is 0 Å². The Morgan fingerprint density at radius 2 is 2.14 bits per heavy atom. The number of hydrogen-bond donors (Lipinski definition) is 0. The minimum atomic E-state index is 0.379. The van der Waals surface area contributed by atoms with Gasteiger partial charge in [0.25, 0.3) is 0 Å². The summed E-state index contributed by atoms with van der Waals surface area (Å²) < 4.78 is 12.7. The van der Waals surface area contributed by atoms with Crippen molar-refractivity contribution in [3.05, 3.63) is 27.7 Å². The van der Waals surface area contributed by atoms with Gasteiger partial charge in [-0.25, -0.2) is 0 Å². The fourth-order valence-corrected chi connectivity index (χ4v) is 3.79. The molecule has 0 amide bonds. The van der Waals surface area contributed by atoms with Crippen LogP contribution in [0.3, 0.4) is 0 Å². The lowest BCUT2D eigenvalue weighted by Crippen LogP contribution is -2.36. The number of benzene rings is 1. The topological polar surface area (TPSA) is 21.7 Å². The molecule has 0 N–H and O–H groups in total. The number of nitrogens with zero attached hydrogens (tertiary/aromatic N) is 1. The van der Waals surface area contributed by atoms with Crippen LogP contribution in [0.15, 0.2) is 16.6 Å². The molecule has 1 fully saturated rings. The van der Waals surface area contributed by atoms with Crippen molar-refractivity contribution in [1.29, 1.82) is 0 Å². The highest BCUT2D eigenvalue weighted by Crippen LogP contribution is 2.34. The lowest BCUT2D eigenvalue weighted by molar-refractivity contribution is 0.0133. The molecule has 21 heavy (non-hydrogen) atoms. The van der Waals surface area contributed by atoms with Crippen molar-refractivity contribution in [2.24, 2.45) is 0 Å². The normalized spacial score (nSPS) is 19.5. The van der Waals surface area contributed by atoms with Crippen LogP contribution in [0.25, 0.3) is 0 Å². The smallest absolute Gasteiger partial charge is 0.127 e. The van der Waals surface area contributed by atoms with E-state index in [1.807, 2.05) is 0 Å². The molecule has 1 aromatic rings. The lowest BCUT2D eigenvalue weighted by Gasteiger charge is -2.32. The summed E-state index contributed by atoms with van der Waals surface area (Å²) in [5.41, 5.74) is 2.64. The first kappa shape index (κ1) is 15.6. The van der Waals surface area contributed by atoms with Crippen molar-refractivity contribution >= 4 is 27.5 Å². The Hall–Kier alpha value is -0.290. The van der Waals surface area contributed by atoms with E-state index in [0.717, 1.165) is 55.7 Å². The number of hydrogen-bond acceptors (Lipinski definition) is 3. The Labute approximate surface area is 139 Å². The largest absolute Gasteiger partial charge is 0.493 e. The van der Waals surface area contributed by atoms with Crippen molar-refractivity contribution in [3.8, 4) is 5.75 Å². The summed E-state index contributed by atoms with van der Waals surface area (Å²) in [4.78, 5) is 2.49. The van der Waals surface area contributed by atoms with Gasteiger partial charge in [0.2, 0.25) is 0 Å². The van der Waals surface area contributed by atoms with Crippen LogP contribution >= 0.6 is 27.5 Å². The summed E-state index contributed by atoms with van der Waals surface area (Å²) in [7, 11) is 0.